The normalized spacial score (nSPS) is 13.2. The van der Waals surface area contributed by atoms with E-state index in [1.165, 1.54) is 13.8 Å². The van der Waals surface area contributed by atoms with Crippen LogP contribution < -0.4 is 0 Å². The van der Waals surface area contributed by atoms with E-state index in [4.69, 9.17) is 9.47 Å². The SMILES string of the molecule is CCC(=O)[C@H](C)OC(=O)CCC(=O)O[C@H](C)C(=O)CC. The third-order valence-corrected chi connectivity index (χ3v) is 2.75. The van der Waals surface area contributed by atoms with Gasteiger partial charge in [0.1, 0.15) is 0 Å². The molecule has 0 amide bonds. The van der Waals surface area contributed by atoms with Gasteiger partial charge in [-0.05, 0) is 13.8 Å². The molecule has 0 aliphatic carbocycles. The van der Waals surface area contributed by atoms with Crippen molar-refractivity contribution in [3.8, 4) is 0 Å². The lowest BCUT2D eigenvalue weighted by atomic mass is 10.2. The predicted molar refractivity (Wildman–Crippen MR) is 70.9 cm³/mol. The van der Waals surface area contributed by atoms with Gasteiger partial charge in [-0.1, -0.05) is 13.8 Å². The first kappa shape index (κ1) is 18.3. The van der Waals surface area contributed by atoms with Crippen molar-refractivity contribution in [1.82, 2.24) is 0 Å². The minimum atomic E-state index is -0.802. The first-order chi connectivity index (χ1) is 9.31. The van der Waals surface area contributed by atoms with Crippen LogP contribution in [0.5, 0.6) is 0 Å². The highest BCUT2D eigenvalue weighted by Gasteiger charge is 2.19. The number of hydrogen-bond donors (Lipinski definition) is 0. The van der Waals surface area contributed by atoms with Crippen molar-refractivity contribution in [3.63, 3.8) is 0 Å². The molecule has 0 heterocycles. The molecule has 2 atom stereocenters. The number of esters is 2. The van der Waals surface area contributed by atoms with Crippen LogP contribution in [0.25, 0.3) is 0 Å². The molecule has 0 unspecified atom stereocenters. The molecule has 0 aromatic carbocycles. The van der Waals surface area contributed by atoms with Gasteiger partial charge in [0.2, 0.25) is 0 Å². The highest BCUT2D eigenvalue weighted by Crippen LogP contribution is 2.04. The molecule has 0 bridgehead atoms. The van der Waals surface area contributed by atoms with Crippen molar-refractivity contribution >= 4 is 23.5 Å². The Balaban J connectivity index is 4.04. The summed E-state index contributed by atoms with van der Waals surface area (Å²) in [4.78, 5) is 45.3. The Labute approximate surface area is 118 Å². The second-order valence-electron chi connectivity index (χ2n) is 4.40. The Morgan fingerprint density at radius 1 is 0.750 bits per heavy atom. The molecule has 0 aromatic heterocycles. The van der Waals surface area contributed by atoms with Crippen molar-refractivity contribution in [3.05, 3.63) is 0 Å². The van der Waals surface area contributed by atoms with Crippen LogP contribution in [-0.4, -0.2) is 35.7 Å². The Kier molecular flexibility index (Phi) is 8.43. The minimum Gasteiger partial charge on any atom is -0.455 e. The number of carbonyl (C=O) groups is 4. The molecular weight excluding hydrogens is 264 g/mol. The van der Waals surface area contributed by atoms with Crippen LogP contribution in [0, 0.1) is 0 Å². The predicted octanol–water partition coefficient (Wildman–Crippen LogP) is 1.59. The van der Waals surface area contributed by atoms with Gasteiger partial charge in [0, 0.05) is 12.8 Å². The summed E-state index contributed by atoms with van der Waals surface area (Å²) in [6.07, 6.45) is -1.38. The molecule has 0 spiro atoms. The summed E-state index contributed by atoms with van der Waals surface area (Å²) >= 11 is 0. The molecule has 0 saturated heterocycles. The van der Waals surface area contributed by atoms with Gasteiger partial charge in [0.25, 0.3) is 0 Å². The molecule has 6 nitrogen and oxygen atoms in total. The summed E-state index contributed by atoms with van der Waals surface area (Å²) < 4.78 is 9.73. The summed E-state index contributed by atoms with van der Waals surface area (Å²) in [5, 5.41) is 0. The molecule has 0 fully saturated rings. The molecule has 6 heteroatoms. The van der Waals surface area contributed by atoms with Crippen LogP contribution in [-0.2, 0) is 28.7 Å². The van der Waals surface area contributed by atoms with E-state index in [-0.39, 0.29) is 37.2 Å². The average molecular weight is 286 g/mol. The van der Waals surface area contributed by atoms with E-state index in [1.54, 1.807) is 13.8 Å². The van der Waals surface area contributed by atoms with Crippen LogP contribution in [0.4, 0.5) is 0 Å². The zero-order chi connectivity index (χ0) is 15.7. The Hall–Kier alpha value is -1.72. The van der Waals surface area contributed by atoms with Crippen molar-refractivity contribution in [2.75, 3.05) is 0 Å². The summed E-state index contributed by atoms with van der Waals surface area (Å²) in [6, 6.07) is 0. The van der Waals surface area contributed by atoms with Crippen LogP contribution in [0.1, 0.15) is 53.4 Å². The molecule has 114 valence electrons. The fraction of sp³-hybridized carbons (Fsp3) is 0.714. The zero-order valence-electron chi connectivity index (χ0n) is 12.4. The molecular formula is C14H22O6. The first-order valence-electron chi connectivity index (χ1n) is 6.76. The lowest BCUT2D eigenvalue weighted by Gasteiger charge is -2.12. The number of ketones is 2. The maximum absolute atomic E-state index is 11.4. The quantitative estimate of drug-likeness (QED) is 0.598. The molecule has 0 saturated carbocycles. The van der Waals surface area contributed by atoms with Gasteiger partial charge in [-0.25, -0.2) is 0 Å². The van der Waals surface area contributed by atoms with Gasteiger partial charge in [-0.3, -0.25) is 19.2 Å². The fourth-order valence-corrected chi connectivity index (χ4v) is 1.42. The van der Waals surface area contributed by atoms with E-state index in [2.05, 4.69) is 0 Å². The second-order valence-corrected chi connectivity index (χ2v) is 4.40. The second kappa shape index (κ2) is 9.23. The summed E-state index contributed by atoms with van der Waals surface area (Å²) in [5.74, 6) is -1.62. The molecule has 0 aromatic rings. The maximum atomic E-state index is 11.4. The number of carbonyl (C=O) groups excluding carboxylic acids is 4. The van der Waals surface area contributed by atoms with Crippen molar-refractivity contribution in [2.24, 2.45) is 0 Å². The zero-order valence-corrected chi connectivity index (χ0v) is 12.4. The average Bonchev–Trinajstić information content (AvgIpc) is 2.42. The Morgan fingerprint density at radius 3 is 1.30 bits per heavy atom. The van der Waals surface area contributed by atoms with E-state index >= 15 is 0 Å². The van der Waals surface area contributed by atoms with E-state index in [1.807, 2.05) is 0 Å². The summed E-state index contributed by atoms with van der Waals surface area (Å²) in [5.41, 5.74) is 0. The first-order valence-corrected chi connectivity index (χ1v) is 6.76. The van der Waals surface area contributed by atoms with Gasteiger partial charge in [-0.2, -0.15) is 0 Å². The highest BCUT2D eigenvalue weighted by molar-refractivity contribution is 5.87. The lowest BCUT2D eigenvalue weighted by molar-refractivity contribution is -0.159. The van der Waals surface area contributed by atoms with Crippen LogP contribution in [0.15, 0.2) is 0 Å². The van der Waals surface area contributed by atoms with E-state index < -0.39 is 24.1 Å². The maximum Gasteiger partial charge on any atom is 0.307 e. The number of ether oxygens (including phenoxy) is 2. The van der Waals surface area contributed by atoms with Crippen LogP contribution in [0.3, 0.4) is 0 Å². The molecule has 0 rings (SSSR count). The minimum absolute atomic E-state index is 0.173. The largest absolute Gasteiger partial charge is 0.455 e. The van der Waals surface area contributed by atoms with Gasteiger partial charge >= 0.3 is 11.9 Å². The number of hydrogen-bond acceptors (Lipinski definition) is 6. The van der Waals surface area contributed by atoms with Crippen molar-refractivity contribution in [1.29, 1.82) is 0 Å². The lowest BCUT2D eigenvalue weighted by Crippen LogP contribution is -2.25. The Morgan fingerprint density at radius 2 is 1.05 bits per heavy atom. The fourth-order valence-electron chi connectivity index (χ4n) is 1.42. The van der Waals surface area contributed by atoms with Gasteiger partial charge < -0.3 is 9.47 Å². The molecule has 0 N–H and O–H groups in total. The van der Waals surface area contributed by atoms with Crippen LogP contribution in [0.2, 0.25) is 0 Å². The highest BCUT2D eigenvalue weighted by atomic mass is 16.6. The third kappa shape index (κ3) is 7.01. The van der Waals surface area contributed by atoms with Gasteiger partial charge in [-0.15, -0.1) is 0 Å². The summed E-state index contributed by atoms with van der Waals surface area (Å²) in [6.45, 7) is 6.33. The van der Waals surface area contributed by atoms with Crippen molar-refractivity contribution in [2.45, 2.75) is 65.6 Å². The number of Topliss-reactive ketones (excluding diaryl/α,β-unsaturated/α-hetero) is 2. The van der Waals surface area contributed by atoms with Gasteiger partial charge in [0.15, 0.2) is 23.8 Å². The third-order valence-electron chi connectivity index (χ3n) is 2.75. The topological polar surface area (TPSA) is 86.7 Å². The van der Waals surface area contributed by atoms with Gasteiger partial charge in [0.05, 0.1) is 12.8 Å². The van der Waals surface area contributed by atoms with Crippen LogP contribution >= 0.6 is 0 Å². The molecule has 0 aliphatic heterocycles. The smallest absolute Gasteiger partial charge is 0.307 e. The molecule has 0 radical (unpaired) electrons. The van der Waals surface area contributed by atoms with E-state index in [0.29, 0.717) is 0 Å². The Bertz CT molecular complexity index is 338. The van der Waals surface area contributed by atoms with E-state index in [0.717, 1.165) is 0 Å². The van der Waals surface area contributed by atoms with Crippen molar-refractivity contribution < 1.29 is 28.7 Å². The molecule has 20 heavy (non-hydrogen) atoms. The summed E-state index contributed by atoms with van der Waals surface area (Å²) in [7, 11) is 0. The standard InChI is InChI=1S/C14H22O6/c1-5-11(15)9(3)19-13(17)7-8-14(18)20-10(4)12(16)6-2/h9-10H,5-8H2,1-4H3/t9-,10+. The van der Waals surface area contributed by atoms with E-state index in [9.17, 15) is 19.2 Å². The molecule has 0 aliphatic rings. The monoisotopic (exact) mass is 286 g/mol. The number of rotatable bonds is 9.